The first kappa shape index (κ1) is 42.8. The molecule has 1 aliphatic heterocycles. The van der Waals surface area contributed by atoms with Gasteiger partial charge in [0.05, 0.1) is 28.7 Å². The van der Waals surface area contributed by atoms with E-state index in [0.717, 1.165) is 0 Å². The molecular formula is C37H39F4N5O9S. The van der Waals surface area contributed by atoms with Gasteiger partial charge in [-0.3, -0.25) is 14.4 Å². The summed E-state index contributed by atoms with van der Waals surface area (Å²) in [6.45, 7) is 6.24. The number of carbonyl (C=O) groups is 4. The maximum atomic E-state index is 15.7. The number of hydrogen-bond acceptors (Lipinski definition) is 10. The summed E-state index contributed by atoms with van der Waals surface area (Å²) in [5.41, 5.74) is 6.66. The topological polar surface area (TPSA) is 218 Å². The normalized spacial score (nSPS) is 16.1. The smallest absolute Gasteiger partial charge is 0.490 e. The Morgan fingerprint density at radius 1 is 1.02 bits per heavy atom. The average molecular weight is 806 g/mol. The third-order valence-corrected chi connectivity index (χ3v) is 11.0. The maximum absolute atomic E-state index is 15.7. The van der Waals surface area contributed by atoms with Gasteiger partial charge in [-0.2, -0.15) is 13.2 Å². The Bertz CT molecular complexity index is 2250. The Kier molecular flexibility index (Phi) is 13.1. The molecule has 56 heavy (non-hydrogen) atoms. The maximum Gasteiger partial charge on any atom is 0.490 e. The van der Waals surface area contributed by atoms with Crippen molar-refractivity contribution in [1.82, 2.24) is 9.88 Å². The van der Waals surface area contributed by atoms with E-state index >= 15 is 4.39 Å². The number of nitrogen functional groups attached to an aromatic ring is 1. The van der Waals surface area contributed by atoms with Crippen LogP contribution in [0.15, 0.2) is 71.8 Å². The Morgan fingerprint density at radius 2 is 1.68 bits per heavy atom. The number of carbonyl (C=O) groups excluding carboxylic acids is 2. The summed E-state index contributed by atoms with van der Waals surface area (Å²) in [6.07, 6.45) is -3.55. The lowest BCUT2D eigenvalue weighted by Crippen LogP contribution is -2.40. The van der Waals surface area contributed by atoms with Crippen molar-refractivity contribution >= 4 is 61.6 Å². The molecular weight excluding hydrogens is 766 g/mol. The van der Waals surface area contributed by atoms with Crippen molar-refractivity contribution in [3.63, 3.8) is 0 Å². The number of sulfone groups is 1. The highest BCUT2D eigenvalue weighted by molar-refractivity contribution is 7.92. The molecule has 1 aromatic heterocycles. The van der Waals surface area contributed by atoms with Gasteiger partial charge in [0.2, 0.25) is 11.8 Å². The number of rotatable bonds is 11. The number of fused-ring (bicyclic) bond motifs is 1. The van der Waals surface area contributed by atoms with Crippen LogP contribution < -0.4 is 21.1 Å². The van der Waals surface area contributed by atoms with Crippen LogP contribution in [0.25, 0.3) is 10.8 Å². The van der Waals surface area contributed by atoms with Crippen LogP contribution in [0.1, 0.15) is 57.3 Å². The Morgan fingerprint density at radius 3 is 2.27 bits per heavy atom. The van der Waals surface area contributed by atoms with Crippen LogP contribution in [0, 0.1) is 11.7 Å². The van der Waals surface area contributed by atoms with Crippen LogP contribution in [-0.4, -0.2) is 76.8 Å². The largest absolute Gasteiger partial charge is 0.494 e. The van der Waals surface area contributed by atoms with E-state index in [9.17, 15) is 41.1 Å². The first-order valence-electron chi connectivity index (χ1n) is 17.0. The first-order valence-corrected chi connectivity index (χ1v) is 18.5. The van der Waals surface area contributed by atoms with Gasteiger partial charge in [0, 0.05) is 42.0 Å². The van der Waals surface area contributed by atoms with Crippen LogP contribution in [0.3, 0.4) is 0 Å². The molecule has 14 nitrogen and oxygen atoms in total. The Labute approximate surface area is 318 Å². The van der Waals surface area contributed by atoms with Gasteiger partial charge in [0.1, 0.15) is 23.4 Å². The number of alkyl halides is 3. The number of carboxylic acid groups (broad SMARTS) is 2. The number of pyridine rings is 1. The number of hydrogen-bond donors (Lipinski definition) is 5. The highest BCUT2D eigenvalue weighted by Crippen LogP contribution is 2.44. The molecule has 6 N–H and O–H groups in total. The number of benzene rings is 3. The lowest BCUT2D eigenvalue weighted by Gasteiger charge is -2.33. The molecule has 0 spiro atoms. The summed E-state index contributed by atoms with van der Waals surface area (Å²) in [5.74, 6) is -6.44. The zero-order valence-electron chi connectivity index (χ0n) is 30.4. The number of ether oxygens (including phenoxy) is 1. The zero-order valence-corrected chi connectivity index (χ0v) is 31.2. The minimum absolute atomic E-state index is 0.00624. The number of halogens is 4. The highest BCUT2D eigenvalue weighted by atomic mass is 32.2. The molecule has 3 atom stereocenters. The van der Waals surface area contributed by atoms with E-state index in [1.807, 2.05) is 0 Å². The molecule has 2 amide bonds. The third kappa shape index (κ3) is 9.63. The number of nitrogens with zero attached hydrogens (tertiary/aromatic N) is 2. The molecule has 3 aromatic carbocycles. The molecule has 1 aliphatic rings. The van der Waals surface area contributed by atoms with Gasteiger partial charge in [-0.15, -0.1) is 0 Å². The number of aliphatic carboxylic acids is 2. The lowest BCUT2D eigenvalue weighted by atomic mass is 9.92. The molecule has 19 heteroatoms. The molecule has 1 saturated heterocycles. The molecule has 0 aliphatic carbocycles. The Hall–Kier alpha value is -5.98. The summed E-state index contributed by atoms with van der Waals surface area (Å²) < 4.78 is 80.4. The summed E-state index contributed by atoms with van der Waals surface area (Å²) >= 11 is 0. The van der Waals surface area contributed by atoms with Gasteiger partial charge >= 0.3 is 18.1 Å². The number of amides is 2. The fraction of sp³-hybridized carbons (Fsp3) is 0.324. The van der Waals surface area contributed by atoms with E-state index in [0.29, 0.717) is 28.0 Å². The number of carboxylic acids is 2. The van der Waals surface area contributed by atoms with Crippen molar-refractivity contribution in [3.05, 3.63) is 83.8 Å². The predicted octanol–water partition coefficient (Wildman–Crippen LogP) is 5.96. The molecule has 0 saturated carbocycles. The predicted molar refractivity (Wildman–Crippen MR) is 197 cm³/mol. The molecule has 300 valence electrons. The van der Waals surface area contributed by atoms with Gasteiger partial charge in [0.15, 0.2) is 9.84 Å². The van der Waals surface area contributed by atoms with Crippen LogP contribution >= 0.6 is 0 Å². The van der Waals surface area contributed by atoms with Crippen LogP contribution in [0.5, 0.6) is 5.75 Å². The van der Waals surface area contributed by atoms with Crippen molar-refractivity contribution in [3.8, 4) is 5.75 Å². The van der Waals surface area contributed by atoms with Crippen molar-refractivity contribution < 1.29 is 60.1 Å². The van der Waals surface area contributed by atoms with Crippen molar-refractivity contribution in [2.45, 2.75) is 62.5 Å². The second kappa shape index (κ2) is 17.2. The molecule has 1 fully saturated rings. The number of nitrogens with one attached hydrogen (secondary N) is 2. The van der Waals surface area contributed by atoms with Crippen LogP contribution in [0.2, 0.25) is 0 Å². The first-order chi connectivity index (χ1) is 26.2. The van der Waals surface area contributed by atoms with E-state index in [-0.39, 0.29) is 41.3 Å². The van der Waals surface area contributed by atoms with Gasteiger partial charge in [-0.1, -0.05) is 0 Å². The minimum atomic E-state index is -5.08. The number of anilines is 3. The zero-order chi connectivity index (χ0) is 41.7. The van der Waals surface area contributed by atoms with E-state index in [1.165, 1.54) is 68.3 Å². The molecule has 2 unspecified atom stereocenters. The fourth-order valence-electron chi connectivity index (χ4n) is 6.15. The van der Waals surface area contributed by atoms with E-state index in [4.69, 9.17) is 20.4 Å². The monoisotopic (exact) mass is 805 g/mol. The highest BCUT2D eigenvalue weighted by Gasteiger charge is 2.46. The lowest BCUT2D eigenvalue weighted by molar-refractivity contribution is -0.192. The number of nitrogens with two attached hydrogens (primary N) is 1. The molecule has 5 rings (SSSR count). The van der Waals surface area contributed by atoms with E-state index in [2.05, 4.69) is 15.6 Å². The van der Waals surface area contributed by atoms with Crippen LogP contribution in [-0.2, 0) is 29.0 Å². The minimum Gasteiger partial charge on any atom is -0.494 e. The van der Waals surface area contributed by atoms with Crippen molar-refractivity contribution in [1.29, 1.82) is 0 Å². The second-order valence-corrected chi connectivity index (χ2v) is 15.3. The third-order valence-electron chi connectivity index (χ3n) is 8.76. The fourth-order valence-corrected chi connectivity index (χ4v) is 7.43. The van der Waals surface area contributed by atoms with Gasteiger partial charge < -0.3 is 36.2 Å². The van der Waals surface area contributed by atoms with Crippen molar-refractivity contribution in [2.24, 2.45) is 5.92 Å². The van der Waals surface area contributed by atoms with Gasteiger partial charge in [0.25, 0.3) is 0 Å². The standard InChI is InChI=1S/C35H38FN5O7S.C2HF3O2/c1-5-48-24-8-10-29(36)27(18-24)31(40-22-6-9-25-21(16-22)12-14-38-33(25)37)34(43)41-15-13-26(35(44)45)32(41)28-17-23(39-20(4)42)7-11-30(28)49(46,47)19(2)3;3-2(4,5)1(6)7/h6-12,14,16-19,26,31-32,40H,5,13,15H2,1-4H3,(H2,37,38)(H,39,42)(H,44,45);(H,6,7)/t26?,31-,32?;/m0./s1. The SMILES string of the molecule is CCOc1ccc(F)c([C@H](Nc2ccc3c(N)nccc3c2)C(=O)N2CCC(C(=O)O)C2c2cc(NC(C)=O)ccc2S(=O)(=O)C(C)C)c1.O=C(O)C(F)(F)F. The Balaban J connectivity index is 0.000000908. The van der Waals surface area contributed by atoms with Gasteiger partial charge in [-0.05, 0) is 98.8 Å². The summed E-state index contributed by atoms with van der Waals surface area (Å²) in [6, 6.07) is 12.3. The number of aromatic nitrogens is 1. The average Bonchev–Trinajstić information content (AvgIpc) is 3.57. The van der Waals surface area contributed by atoms with E-state index in [1.54, 1.807) is 31.2 Å². The quantitative estimate of drug-likeness (QED) is 0.111. The molecule has 0 radical (unpaired) electrons. The number of likely N-dealkylation sites (tertiary alicyclic amines) is 1. The molecule has 2 heterocycles. The summed E-state index contributed by atoms with van der Waals surface area (Å²) in [5, 5.41) is 23.7. The van der Waals surface area contributed by atoms with Crippen molar-refractivity contribution in [2.75, 3.05) is 29.5 Å². The molecule has 0 bridgehead atoms. The summed E-state index contributed by atoms with van der Waals surface area (Å²) in [7, 11) is -4.00. The summed E-state index contributed by atoms with van der Waals surface area (Å²) in [4.78, 5) is 53.6. The second-order valence-electron chi connectivity index (χ2n) is 12.9. The van der Waals surface area contributed by atoms with Crippen LogP contribution in [0.4, 0.5) is 34.8 Å². The van der Waals surface area contributed by atoms with E-state index < -0.39 is 68.8 Å². The molecule has 4 aromatic rings. The van der Waals surface area contributed by atoms with Gasteiger partial charge in [-0.25, -0.2) is 22.6 Å².